The van der Waals surface area contributed by atoms with Crippen molar-refractivity contribution in [2.45, 2.75) is 19.0 Å². The number of thiophene rings is 1. The quantitative estimate of drug-likeness (QED) is 0.839. The molecule has 2 heterocycles. The lowest BCUT2D eigenvalue weighted by atomic mass is 10.0. The second kappa shape index (κ2) is 3.58. The summed E-state index contributed by atoms with van der Waals surface area (Å²) in [5.41, 5.74) is 0.177. The molecule has 0 spiro atoms. The highest BCUT2D eigenvalue weighted by Crippen LogP contribution is 2.21. The van der Waals surface area contributed by atoms with Crippen LogP contribution in [-0.2, 0) is 11.3 Å². The first kappa shape index (κ1) is 9.46. The van der Waals surface area contributed by atoms with Gasteiger partial charge in [0, 0.05) is 16.8 Å². The van der Waals surface area contributed by atoms with Gasteiger partial charge in [0.1, 0.15) is 0 Å². The predicted molar refractivity (Wildman–Crippen MR) is 55.4 cm³/mol. The first-order valence-corrected chi connectivity index (χ1v) is 5.49. The zero-order valence-electron chi connectivity index (χ0n) is 7.47. The van der Waals surface area contributed by atoms with Gasteiger partial charge in [0.25, 0.3) is 0 Å². The lowest BCUT2D eigenvalue weighted by molar-refractivity contribution is -0.0648. The van der Waals surface area contributed by atoms with Crippen molar-refractivity contribution in [1.82, 2.24) is 5.32 Å². The fourth-order valence-corrected chi connectivity index (χ4v) is 2.27. The lowest BCUT2D eigenvalue weighted by Crippen LogP contribution is -2.57. The molecule has 1 aliphatic rings. The van der Waals surface area contributed by atoms with E-state index in [1.165, 1.54) is 4.88 Å². The van der Waals surface area contributed by atoms with Crippen molar-refractivity contribution in [2.24, 2.45) is 0 Å². The fraction of sp³-hybridized carbons (Fsp3) is 0.556. The molecule has 4 heteroatoms. The summed E-state index contributed by atoms with van der Waals surface area (Å²) in [5.74, 6) is 0. The lowest BCUT2D eigenvalue weighted by Gasteiger charge is -2.38. The Morgan fingerprint density at radius 1 is 1.69 bits per heavy atom. The Balaban J connectivity index is 1.85. The number of hydrogen-bond acceptors (Lipinski definition) is 3. The number of nitrogens with one attached hydrogen (secondary N) is 1. The first-order chi connectivity index (χ1) is 6.18. The summed E-state index contributed by atoms with van der Waals surface area (Å²) in [5, 5.41) is 6.24. The fourth-order valence-electron chi connectivity index (χ4n) is 1.26. The third-order valence-electron chi connectivity index (χ3n) is 2.15. The van der Waals surface area contributed by atoms with Crippen LogP contribution in [0.15, 0.2) is 11.4 Å². The molecule has 0 aliphatic carbocycles. The second-order valence-corrected chi connectivity index (χ2v) is 5.07. The molecule has 0 unspecified atom stereocenters. The molecule has 2 rings (SSSR count). The molecule has 1 fully saturated rings. The monoisotopic (exact) mass is 217 g/mol. The van der Waals surface area contributed by atoms with Crippen molar-refractivity contribution in [1.29, 1.82) is 0 Å². The molecule has 1 saturated heterocycles. The van der Waals surface area contributed by atoms with Crippen LogP contribution in [0.3, 0.4) is 0 Å². The Morgan fingerprint density at radius 3 is 2.92 bits per heavy atom. The Hall–Kier alpha value is -0.0900. The Morgan fingerprint density at radius 2 is 2.46 bits per heavy atom. The van der Waals surface area contributed by atoms with Crippen molar-refractivity contribution in [3.05, 3.63) is 21.3 Å². The maximum atomic E-state index is 5.82. The van der Waals surface area contributed by atoms with E-state index in [1.54, 1.807) is 11.3 Å². The van der Waals surface area contributed by atoms with Gasteiger partial charge in [0.15, 0.2) is 0 Å². The van der Waals surface area contributed by atoms with Crippen LogP contribution >= 0.6 is 22.9 Å². The second-order valence-electron chi connectivity index (χ2n) is 3.64. The Kier molecular flexibility index (Phi) is 2.60. The minimum absolute atomic E-state index is 0.177. The molecular formula is C9H12ClNOS. The van der Waals surface area contributed by atoms with Gasteiger partial charge in [-0.05, 0) is 13.0 Å². The van der Waals surface area contributed by atoms with Gasteiger partial charge >= 0.3 is 0 Å². The number of hydrogen-bond donors (Lipinski definition) is 1. The van der Waals surface area contributed by atoms with Crippen LogP contribution in [0.1, 0.15) is 11.8 Å². The van der Waals surface area contributed by atoms with Crippen molar-refractivity contribution < 1.29 is 4.74 Å². The summed E-state index contributed by atoms with van der Waals surface area (Å²) < 4.78 is 5.15. The molecule has 1 aromatic rings. The van der Waals surface area contributed by atoms with E-state index in [9.17, 15) is 0 Å². The first-order valence-electron chi connectivity index (χ1n) is 4.24. The van der Waals surface area contributed by atoms with E-state index >= 15 is 0 Å². The van der Waals surface area contributed by atoms with Crippen LogP contribution in [0.25, 0.3) is 0 Å². The zero-order chi connectivity index (χ0) is 9.31. The molecule has 0 atom stereocenters. The van der Waals surface area contributed by atoms with E-state index in [0.29, 0.717) is 0 Å². The zero-order valence-corrected chi connectivity index (χ0v) is 9.04. The smallest absolute Gasteiger partial charge is 0.0669 e. The SMILES string of the molecule is CC1(NCc2cc(Cl)cs2)COC1. The van der Waals surface area contributed by atoms with Gasteiger partial charge in [-0.3, -0.25) is 0 Å². The van der Waals surface area contributed by atoms with Crippen LogP contribution < -0.4 is 5.32 Å². The largest absolute Gasteiger partial charge is 0.377 e. The maximum absolute atomic E-state index is 5.82. The highest BCUT2D eigenvalue weighted by molar-refractivity contribution is 7.10. The highest BCUT2D eigenvalue weighted by atomic mass is 35.5. The van der Waals surface area contributed by atoms with Crippen LogP contribution in [-0.4, -0.2) is 18.8 Å². The summed E-state index contributed by atoms with van der Waals surface area (Å²) in [6.07, 6.45) is 0. The van der Waals surface area contributed by atoms with Crippen molar-refractivity contribution in [2.75, 3.05) is 13.2 Å². The molecule has 13 heavy (non-hydrogen) atoms. The van der Waals surface area contributed by atoms with Crippen molar-refractivity contribution in [3.8, 4) is 0 Å². The minimum atomic E-state index is 0.177. The summed E-state index contributed by atoms with van der Waals surface area (Å²) in [6, 6.07) is 2.00. The van der Waals surface area contributed by atoms with Crippen LogP contribution in [0, 0.1) is 0 Å². The van der Waals surface area contributed by atoms with Gasteiger partial charge in [-0.1, -0.05) is 11.6 Å². The van der Waals surface area contributed by atoms with E-state index < -0.39 is 0 Å². The molecule has 0 saturated carbocycles. The molecule has 72 valence electrons. The van der Waals surface area contributed by atoms with Crippen LogP contribution in [0.5, 0.6) is 0 Å². The average molecular weight is 218 g/mol. The molecule has 0 aromatic carbocycles. The number of halogens is 1. The van der Waals surface area contributed by atoms with E-state index in [-0.39, 0.29) is 5.54 Å². The van der Waals surface area contributed by atoms with Gasteiger partial charge in [0.05, 0.1) is 23.8 Å². The maximum Gasteiger partial charge on any atom is 0.0669 e. The Bertz CT molecular complexity index is 296. The molecule has 2 nitrogen and oxygen atoms in total. The molecule has 0 amide bonds. The van der Waals surface area contributed by atoms with E-state index in [1.807, 2.05) is 11.4 Å². The minimum Gasteiger partial charge on any atom is -0.377 e. The van der Waals surface area contributed by atoms with Gasteiger partial charge in [-0.2, -0.15) is 0 Å². The van der Waals surface area contributed by atoms with Crippen molar-refractivity contribution in [3.63, 3.8) is 0 Å². The Labute approximate surface area is 86.9 Å². The average Bonchev–Trinajstić information content (AvgIpc) is 2.44. The summed E-state index contributed by atoms with van der Waals surface area (Å²) in [7, 11) is 0. The topological polar surface area (TPSA) is 21.3 Å². The molecule has 0 bridgehead atoms. The highest BCUT2D eigenvalue weighted by Gasteiger charge is 2.32. The summed E-state index contributed by atoms with van der Waals surface area (Å²) in [6.45, 7) is 4.68. The summed E-state index contributed by atoms with van der Waals surface area (Å²) in [4.78, 5) is 1.28. The predicted octanol–water partition coefficient (Wildman–Crippen LogP) is 2.28. The van der Waals surface area contributed by atoms with Crippen LogP contribution in [0.4, 0.5) is 0 Å². The normalized spacial score (nSPS) is 19.8. The van der Waals surface area contributed by atoms with Gasteiger partial charge in [0.2, 0.25) is 0 Å². The van der Waals surface area contributed by atoms with Crippen LogP contribution in [0.2, 0.25) is 5.02 Å². The molecule has 0 radical (unpaired) electrons. The van der Waals surface area contributed by atoms with E-state index in [4.69, 9.17) is 16.3 Å². The van der Waals surface area contributed by atoms with E-state index in [0.717, 1.165) is 24.8 Å². The van der Waals surface area contributed by atoms with E-state index in [2.05, 4.69) is 12.2 Å². The van der Waals surface area contributed by atoms with Gasteiger partial charge < -0.3 is 10.1 Å². The third-order valence-corrected chi connectivity index (χ3v) is 3.44. The third kappa shape index (κ3) is 2.23. The van der Waals surface area contributed by atoms with Gasteiger partial charge in [-0.25, -0.2) is 0 Å². The molecule has 1 aliphatic heterocycles. The summed E-state index contributed by atoms with van der Waals surface area (Å²) >= 11 is 7.51. The van der Waals surface area contributed by atoms with Gasteiger partial charge in [-0.15, -0.1) is 11.3 Å². The van der Waals surface area contributed by atoms with Crippen molar-refractivity contribution >= 4 is 22.9 Å². The molecule has 1 N–H and O–H groups in total. The number of ether oxygens (including phenoxy) is 1. The number of rotatable bonds is 3. The molecule has 1 aromatic heterocycles. The molecular weight excluding hydrogens is 206 g/mol. The standard InChI is InChI=1S/C9H12ClNOS/c1-9(5-12-6-9)11-3-8-2-7(10)4-13-8/h2,4,11H,3,5-6H2,1H3.